The first-order valence-corrected chi connectivity index (χ1v) is 10.3. The van der Waals surface area contributed by atoms with Crippen LogP contribution in [-0.2, 0) is 25.9 Å². The van der Waals surface area contributed by atoms with Gasteiger partial charge in [0.1, 0.15) is 0 Å². The smallest absolute Gasteiger partial charge is 0.341 e. The molecule has 0 radical (unpaired) electrons. The molecule has 1 amide bonds. The summed E-state index contributed by atoms with van der Waals surface area (Å²) in [4.78, 5) is 25.5. The van der Waals surface area contributed by atoms with Gasteiger partial charge in [0.05, 0.1) is 10.5 Å². The first kappa shape index (κ1) is 22.5. The number of alkyl halides is 2. The van der Waals surface area contributed by atoms with E-state index in [4.69, 9.17) is 4.74 Å². The Morgan fingerprint density at radius 2 is 1.59 bits per heavy atom. The minimum Gasteiger partial charge on any atom is -0.452 e. The molecule has 0 fully saturated rings. The SMILES string of the molecule is CC(C)N(Cc1ccccc1)C(=O)COC(=O)c1ccc(S(=O)(=O)C(F)F)cc1. The number of amides is 1. The van der Waals surface area contributed by atoms with Gasteiger partial charge in [0, 0.05) is 12.6 Å². The zero-order valence-corrected chi connectivity index (χ0v) is 16.7. The van der Waals surface area contributed by atoms with E-state index in [1.165, 1.54) is 0 Å². The number of carbonyl (C=O) groups is 2. The van der Waals surface area contributed by atoms with Crippen molar-refractivity contribution in [2.75, 3.05) is 6.61 Å². The van der Waals surface area contributed by atoms with Crippen LogP contribution in [0.4, 0.5) is 8.78 Å². The number of sulfone groups is 1. The largest absolute Gasteiger partial charge is 0.452 e. The number of halogens is 2. The lowest BCUT2D eigenvalue weighted by Crippen LogP contribution is -2.39. The summed E-state index contributed by atoms with van der Waals surface area (Å²) in [6, 6.07) is 13.1. The van der Waals surface area contributed by atoms with Gasteiger partial charge < -0.3 is 9.64 Å². The van der Waals surface area contributed by atoms with E-state index in [2.05, 4.69) is 0 Å². The van der Waals surface area contributed by atoms with Crippen LogP contribution in [0.3, 0.4) is 0 Å². The van der Waals surface area contributed by atoms with Gasteiger partial charge in [-0.1, -0.05) is 30.3 Å². The van der Waals surface area contributed by atoms with Crippen molar-refractivity contribution in [1.82, 2.24) is 4.90 Å². The van der Waals surface area contributed by atoms with Crippen LogP contribution >= 0.6 is 0 Å². The molecule has 0 atom stereocenters. The standard InChI is InChI=1S/C20H21F2NO5S/c1-14(2)23(12-15-6-4-3-5-7-15)18(24)13-28-19(25)16-8-10-17(11-9-16)29(26,27)20(21)22/h3-11,14,20H,12-13H2,1-2H3. The number of hydrogen-bond acceptors (Lipinski definition) is 5. The highest BCUT2D eigenvalue weighted by molar-refractivity contribution is 7.91. The van der Waals surface area contributed by atoms with Crippen LogP contribution in [0.1, 0.15) is 29.8 Å². The van der Waals surface area contributed by atoms with E-state index in [1.807, 2.05) is 44.2 Å². The number of rotatable bonds is 8. The Balaban J connectivity index is 2.00. The van der Waals surface area contributed by atoms with Crippen LogP contribution in [0.25, 0.3) is 0 Å². The second-order valence-corrected chi connectivity index (χ2v) is 8.42. The number of hydrogen-bond donors (Lipinski definition) is 0. The quantitative estimate of drug-likeness (QED) is 0.607. The second kappa shape index (κ2) is 9.60. The number of ether oxygens (including phenoxy) is 1. The maximum Gasteiger partial charge on any atom is 0.341 e. The fourth-order valence-corrected chi connectivity index (χ4v) is 3.24. The first-order chi connectivity index (χ1) is 13.6. The van der Waals surface area contributed by atoms with Gasteiger partial charge in [0.15, 0.2) is 6.61 Å². The first-order valence-electron chi connectivity index (χ1n) is 8.75. The molecule has 0 aliphatic carbocycles. The molecule has 0 bridgehead atoms. The van der Waals surface area contributed by atoms with E-state index < -0.39 is 39.0 Å². The van der Waals surface area contributed by atoms with E-state index in [9.17, 15) is 26.8 Å². The van der Waals surface area contributed by atoms with E-state index in [1.54, 1.807) is 4.90 Å². The molecule has 0 aromatic heterocycles. The Labute approximate surface area is 168 Å². The third-order valence-electron chi connectivity index (χ3n) is 4.12. The van der Waals surface area contributed by atoms with Crippen molar-refractivity contribution in [2.24, 2.45) is 0 Å². The molecule has 0 N–H and O–H groups in total. The number of esters is 1. The molecular weight excluding hydrogens is 404 g/mol. The normalized spacial score (nSPS) is 11.5. The van der Waals surface area contributed by atoms with E-state index in [-0.39, 0.29) is 11.6 Å². The van der Waals surface area contributed by atoms with Gasteiger partial charge in [-0.05, 0) is 43.7 Å². The summed E-state index contributed by atoms with van der Waals surface area (Å²) in [7, 11) is -4.74. The van der Waals surface area contributed by atoms with Crippen LogP contribution in [-0.4, -0.2) is 43.6 Å². The zero-order chi connectivity index (χ0) is 21.6. The van der Waals surface area contributed by atoms with Crippen molar-refractivity contribution in [3.8, 4) is 0 Å². The predicted octanol–water partition coefficient (Wildman–Crippen LogP) is 3.28. The number of benzene rings is 2. The minimum atomic E-state index is -4.74. The van der Waals surface area contributed by atoms with Crippen LogP contribution in [0, 0.1) is 0 Å². The Morgan fingerprint density at radius 1 is 1.00 bits per heavy atom. The van der Waals surface area contributed by atoms with E-state index in [0.717, 1.165) is 29.8 Å². The zero-order valence-electron chi connectivity index (χ0n) is 15.9. The molecule has 0 saturated carbocycles. The third kappa shape index (κ3) is 5.83. The molecular formula is C20H21F2NO5S. The molecule has 2 rings (SSSR count). The highest BCUT2D eigenvalue weighted by Gasteiger charge is 2.26. The summed E-state index contributed by atoms with van der Waals surface area (Å²) in [5, 5.41) is 0. The summed E-state index contributed by atoms with van der Waals surface area (Å²) < 4.78 is 52.9. The second-order valence-electron chi connectivity index (χ2n) is 6.51. The van der Waals surface area contributed by atoms with Crippen molar-refractivity contribution in [3.63, 3.8) is 0 Å². The molecule has 0 unspecified atom stereocenters. The molecule has 0 heterocycles. The number of carbonyl (C=O) groups excluding carboxylic acids is 2. The lowest BCUT2D eigenvalue weighted by molar-refractivity contribution is -0.136. The molecule has 0 aliphatic heterocycles. The van der Waals surface area contributed by atoms with Crippen LogP contribution < -0.4 is 0 Å². The van der Waals surface area contributed by atoms with Crippen LogP contribution in [0.5, 0.6) is 0 Å². The molecule has 6 nitrogen and oxygen atoms in total. The Hall–Kier alpha value is -2.81. The van der Waals surface area contributed by atoms with E-state index in [0.29, 0.717) is 6.54 Å². The maximum absolute atomic E-state index is 12.5. The fourth-order valence-electron chi connectivity index (χ4n) is 2.52. The summed E-state index contributed by atoms with van der Waals surface area (Å²) in [5.41, 5.74) is 0.877. The number of nitrogens with zero attached hydrogens (tertiary/aromatic N) is 1. The maximum atomic E-state index is 12.5. The van der Waals surface area contributed by atoms with Gasteiger partial charge in [-0.2, -0.15) is 8.78 Å². The van der Waals surface area contributed by atoms with Gasteiger partial charge in [0.2, 0.25) is 9.84 Å². The fraction of sp³-hybridized carbons (Fsp3) is 0.300. The highest BCUT2D eigenvalue weighted by atomic mass is 32.2. The minimum absolute atomic E-state index is 0.0508. The summed E-state index contributed by atoms with van der Waals surface area (Å²) in [6.07, 6.45) is 0. The molecule has 2 aromatic carbocycles. The van der Waals surface area contributed by atoms with Crippen molar-refractivity contribution >= 4 is 21.7 Å². The molecule has 0 spiro atoms. The summed E-state index contributed by atoms with van der Waals surface area (Å²) in [5.74, 6) is -4.80. The van der Waals surface area contributed by atoms with Gasteiger partial charge in [-0.25, -0.2) is 13.2 Å². The molecule has 29 heavy (non-hydrogen) atoms. The predicted molar refractivity (Wildman–Crippen MR) is 102 cm³/mol. The van der Waals surface area contributed by atoms with Crippen LogP contribution in [0.2, 0.25) is 0 Å². The van der Waals surface area contributed by atoms with Crippen molar-refractivity contribution in [3.05, 3.63) is 65.7 Å². The summed E-state index contributed by atoms with van der Waals surface area (Å²) in [6.45, 7) is 3.53. The Bertz CT molecular complexity index is 945. The lowest BCUT2D eigenvalue weighted by Gasteiger charge is -2.26. The van der Waals surface area contributed by atoms with Gasteiger partial charge >= 0.3 is 11.7 Å². The van der Waals surface area contributed by atoms with Crippen molar-refractivity contribution in [1.29, 1.82) is 0 Å². The van der Waals surface area contributed by atoms with Crippen molar-refractivity contribution < 1.29 is 31.5 Å². The summed E-state index contributed by atoms with van der Waals surface area (Å²) >= 11 is 0. The average Bonchev–Trinajstić information content (AvgIpc) is 2.70. The lowest BCUT2D eigenvalue weighted by atomic mass is 10.2. The molecule has 156 valence electrons. The average molecular weight is 425 g/mol. The van der Waals surface area contributed by atoms with Gasteiger partial charge in [-0.15, -0.1) is 0 Å². The molecule has 2 aromatic rings. The topological polar surface area (TPSA) is 80.8 Å². The van der Waals surface area contributed by atoms with Gasteiger partial charge in [0.25, 0.3) is 5.91 Å². The van der Waals surface area contributed by atoms with Crippen molar-refractivity contribution in [2.45, 2.75) is 37.1 Å². The third-order valence-corrected chi connectivity index (χ3v) is 5.52. The van der Waals surface area contributed by atoms with E-state index >= 15 is 0 Å². The van der Waals surface area contributed by atoms with Gasteiger partial charge in [-0.3, -0.25) is 4.79 Å². The highest BCUT2D eigenvalue weighted by Crippen LogP contribution is 2.19. The molecule has 0 saturated heterocycles. The van der Waals surface area contributed by atoms with Crippen LogP contribution in [0.15, 0.2) is 59.5 Å². The Kier molecular flexibility index (Phi) is 7.44. The Morgan fingerprint density at radius 3 is 2.10 bits per heavy atom. The molecule has 9 heteroatoms. The monoisotopic (exact) mass is 425 g/mol. The molecule has 0 aliphatic rings.